The van der Waals surface area contributed by atoms with Crippen LogP contribution in [-0.2, 0) is 0 Å². The zero-order valence-electron chi connectivity index (χ0n) is 11.3. The molecule has 1 aliphatic carbocycles. The van der Waals surface area contributed by atoms with Crippen LogP contribution >= 0.6 is 0 Å². The summed E-state index contributed by atoms with van der Waals surface area (Å²) in [5, 5.41) is 11.4. The second-order valence-electron chi connectivity index (χ2n) is 5.02. The lowest BCUT2D eigenvalue weighted by molar-refractivity contribution is 0.0943. The number of rotatable bonds is 3. The normalized spacial score (nSPS) is 14.7. The lowest BCUT2D eigenvalue weighted by atomic mass is 10.1. The zero-order chi connectivity index (χ0) is 14.4. The summed E-state index contributed by atoms with van der Waals surface area (Å²) in [4.78, 5) is 12.0. The molecule has 0 unspecified atom stereocenters. The number of hydrogen-bond acceptors (Lipinski definition) is 2. The minimum Gasteiger partial charge on any atom is -0.384 e. The topological polar surface area (TPSA) is 49.3 Å². The van der Waals surface area contributed by atoms with Crippen molar-refractivity contribution in [2.24, 2.45) is 5.92 Å². The Morgan fingerprint density at radius 3 is 2.85 bits per heavy atom. The van der Waals surface area contributed by atoms with Crippen molar-refractivity contribution in [2.45, 2.75) is 25.7 Å². The molecule has 106 valence electrons. The average Bonchev–Trinajstić information content (AvgIpc) is 2.97. The molecule has 2 N–H and O–H groups in total. The van der Waals surface area contributed by atoms with Gasteiger partial charge in [-0.1, -0.05) is 24.7 Å². The molecule has 1 saturated carbocycles. The first-order valence-corrected chi connectivity index (χ1v) is 6.88. The Balaban J connectivity index is 2.03. The largest absolute Gasteiger partial charge is 0.384 e. The molecule has 4 heteroatoms. The van der Waals surface area contributed by atoms with E-state index in [0.29, 0.717) is 18.0 Å². The number of nitrogens with one attached hydrogen (secondary N) is 1. The Bertz CT molecular complexity index is 539. The first-order valence-electron chi connectivity index (χ1n) is 6.88. The summed E-state index contributed by atoms with van der Waals surface area (Å²) in [6.45, 7) is 0.339. The van der Waals surface area contributed by atoms with Gasteiger partial charge in [-0.15, -0.1) is 0 Å². The third-order valence-corrected chi connectivity index (χ3v) is 3.55. The number of amides is 1. The van der Waals surface area contributed by atoms with Crippen molar-refractivity contribution >= 4 is 5.91 Å². The molecule has 20 heavy (non-hydrogen) atoms. The smallest absolute Gasteiger partial charge is 0.254 e. The molecule has 0 heterocycles. The molecule has 0 spiro atoms. The predicted molar refractivity (Wildman–Crippen MR) is 74.7 cm³/mol. The van der Waals surface area contributed by atoms with Crippen molar-refractivity contribution < 1.29 is 14.3 Å². The molecular formula is C16H18FNO2. The fourth-order valence-corrected chi connectivity index (χ4v) is 2.47. The summed E-state index contributed by atoms with van der Waals surface area (Å²) in [6.07, 6.45) is 4.68. The van der Waals surface area contributed by atoms with E-state index >= 15 is 0 Å². The lowest BCUT2D eigenvalue weighted by Crippen LogP contribution is -2.29. The minimum atomic E-state index is -0.552. The van der Waals surface area contributed by atoms with Crippen molar-refractivity contribution in [2.75, 3.05) is 13.2 Å². The standard InChI is InChI=1S/C16H18FNO2/c17-15-8-7-12(6-3-9-19)10-14(15)16(20)18-11-13-4-1-2-5-13/h7-8,10,13,19H,1-2,4-5,9,11H2,(H,18,20). The van der Waals surface area contributed by atoms with Crippen molar-refractivity contribution in [1.29, 1.82) is 0 Å². The first-order chi connectivity index (χ1) is 9.70. The van der Waals surface area contributed by atoms with Crippen LogP contribution in [0.5, 0.6) is 0 Å². The highest BCUT2D eigenvalue weighted by Gasteiger charge is 2.17. The minimum absolute atomic E-state index is 0.00716. The Hall–Kier alpha value is -1.86. The number of benzene rings is 1. The molecular weight excluding hydrogens is 257 g/mol. The molecule has 0 bridgehead atoms. The third-order valence-electron chi connectivity index (χ3n) is 3.55. The zero-order valence-corrected chi connectivity index (χ0v) is 11.3. The van der Waals surface area contributed by atoms with Gasteiger partial charge in [0.25, 0.3) is 5.91 Å². The van der Waals surface area contributed by atoms with Gasteiger partial charge in [0.05, 0.1) is 5.56 Å². The fraction of sp³-hybridized carbons (Fsp3) is 0.438. The van der Waals surface area contributed by atoms with Gasteiger partial charge in [-0.05, 0) is 37.0 Å². The molecule has 1 aliphatic rings. The van der Waals surface area contributed by atoms with Crippen molar-refractivity contribution in [1.82, 2.24) is 5.32 Å². The molecule has 0 radical (unpaired) electrons. The van der Waals surface area contributed by atoms with Gasteiger partial charge >= 0.3 is 0 Å². The maximum Gasteiger partial charge on any atom is 0.254 e. The quantitative estimate of drug-likeness (QED) is 0.830. The van der Waals surface area contributed by atoms with Crippen LogP contribution in [0.1, 0.15) is 41.6 Å². The molecule has 1 fully saturated rings. The maximum atomic E-state index is 13.7. The number of halogens is 1. The van der Waals surface area contributed by atoms with Gasteiger partial charge in [0.2, 0.25) is 0 Å². The highest BCUT2D eigenvalue weighted by molar-refractivity contribution is 5.94. The highest BCUT2D eigenvalue weighted by Crippen LogP contribution is 2.23. The van der Waals surface area contributed by atoms with Gasteiger partial charge in [-0.25, -0.2) is 4.39 Å². The molecule has 0 atom stereocenters. The van der Waals surface area contributed by atoms with Crippen LogP contribution in [0.2, 0.25) is 0 Å². The lowest BCUT2D eigenvalue weighted by Gasteiger charge is -2.11. The van der Waals surface area contributed by atoms with Crippen LogP contribution in [0.3, 0.4) is 0 Å². The number of aliphatic hydroxyl groups excluding tert-OH is 1. The van der Waals surface area contributed by atoms with E-state index in [1.54, 1.807) is 0 Å². The summed E-state index contributed by atoms with van der Waals surface area (Å²) in [7, 11) is 0. The Morgan fingerprint density at radius 2 is 2.15 bits per heavy atom. The summed E-state index contributed by atoms with van der Waals surface area (Å²) in [5.74, 6) is 4.71. The second kappa shape index (κ2) is 7.06. The van der Waals surface area contributed by atoms with E-state index in [1.807, 2.05) is 0 Å². The van der Waals surface area contributed by atoms with E-state index in [4.69, 9.17) is 5.11 Å². The van der Waals surface area contributed by atoms with Crippen molar-refractivity contribution in [3.8, 4) is 11.8 Å². The average molecular weight is 275 g/mol. The van der Waals surface area contributed by atoms with Crippen LogP contribution in [0.25, 0.3) is 0 Å². The molecule has 1 aromatic carbocycles. The molecule has 0 aliphatic heterocycles. The molecule has 2 rings (SSSR count). The predicted octanol–water partition coefficient (Wildman–Crippen LogP) is 2.09. The van der Waals surface area contributed by atoms with E-state index in [-0.39, 0.29) is 12.2 Å². The molecule has 0 aromatic heterocycles. The van der Waals surface area contributed by atoms with Gasteiger partial charge in [0.15, 0.2) is 0 Å². The summed E-state index contributed by atoms with van der Waals surface area (Å²) < 4.78 is 13.7. The van der Waals surface area contributed by atoms with E-state index in [2.05, 4.69) is 17.2 Å². The van der Waals surface area contributed by atoms with Crippen molar-refractivity contribution in [3.05, 3.63) is 35.1 Å². The summed E-state index contributed by atoms with van der Waals surface area (Å²) in [6, 6.07) is 4.14. The molecule has 1 aromatic rings. The van der Waals surface area contributed by atoms with E-state index in [1.165, 1.54) is 31.0 Å². The molecule has 3 nitrogen and oxygen atoms in total. The highest BCUT2D eigenvalue weighted by atomic mass is 19.1. The Morgan fingerprint density at radius 1 is 1.40 bits per heavy atom. The van der Waals surface area contributed by atoms with Crippen LogP contribution < -0.4 is 5.32 Å². The van der Waals surface area contributed by atoms with Crippen LogP contribution in [0, 0.1) is 23.6 Å². The summed E-state index contributed by atoms with van der Waals surface area (Å²) in [5.41, 5.74) is 0.527. The van der Waals surface area contributed by atoms with Gasteiger partial charge in [-0.3, -0.25) is 4.79 Å². The van der Waals surface area contributed by atoms with Gasteiger partial charge in [0, 0.05) is 12.1 Å². The second-order valence-corrected chi connectivity index (χ2v) is 5.02. The third kappa shape index (κ3) is 3.82. The summed E-state index contributed by atoms with van der Waals surface area (Å²) >= 11 is 0. The van der Waals surface area contributed by atoms with Crippen LogP contribution in [0.15, 0.2) is 18.2 Å². The number of carbonyl (C=O) groups is 1. The van der Waals surface area contributed by atoms with Gasteiger partial charge in [0.1, 0.15) is 12.4 Å². The first kappa shape index (κ1) is 14.5. The fourth-order valence-electron chi connectivity index (χ4n) is 2.47. The van der Waals surface area contributed by atoms with Crippen LogP contribution in [-0.4, -0.2) is 24.2 Å². The monoisotopic (exact) mass is 275 g/mol. The maximum absolute atomic E-state index is 13.7. The van der Waals surface area contributed by atoms with E-state index in [9.17, 15) is 9.18 Å². The number of hydrogen-bond donors (Lipinski definition) is 2. The SMILES string of the molecule is O=C(NCC1CCCC1)c1cc(C#CCO)ccc1F. The molecule has 1 amide bonds. The number of carbonyl (C=O) groups excluding carboxylic acids is 1. The van der Waals surface area contributed by atoms with E-state index in [0.717, 1.165) is 12.8 Å². The Kier molecular flexibility index (Phi) is 5.14. The van der Waals surface area contributed by atoms with Crippen molar-refractivity contribution in [3.63, 3.8) is 0 Å². The number of aliphatic hydroxyl groups is 1. The molecule has 0 saturated heterocycles. The van der Waals surface area contributed by atoms with Gasteiger partial charge in [-0.2, -0.15) is 0 Å². The van der Waals surface area contributed by atoms with Gasteiger partial charge < -0.3 is 10.4 Å². The Labute approximate surface area is 118 Å². The van der Waals surface area contributed by atoms with E-state index < -0.39 is 11.7 Å². The van der Waals surface area contributed by atoms with Crippen LogP contribution in [0.4, 0.5) is 4.39 Å².